The van der Waals surface area contributed by atoms with E-state index < -0.39 is 0 Å². The minimum absolute atomic E-state index is 0.0950. The van der Waals surface area contributed by atoms with Crippen molar-refractivity contribution in [1.29, 1.82) is 0 Å². The number of nitrogens with zero attached hydrogens (tertiary/aromatic N) is 2. The number of hydrogen-bond donors (Lipinski definition) is 1. The monoisotopic (exact) mass is 273 g/mol. The third-order valence-corrected chi connectivity index (χ3v) is 4.28. The van der Waals surface area contributed by atoms with Gasteiger partial charge in [-0.3, -0.25) is 4.90 Å². The van der Waals surface area contributed by atoms with Gasteiger partial charge in [-0.25, -0.2) is 4.79 Å². The Morgan fingerprint density at radius 3 is 2.50 bits per heavy atom. The van der Waals surface area contributed by atoms with Gasteiger partial charge in [-0.2, -0.15) is 0 Å². The molecule has 0 atom stereocenters. The van der Waals surface area contributed by atoms with Crippen LogP contribution in [0.4, 0.5) is 10.5 Å². The first-order chi connectivity index (χ1) is 9.66. The molecule has 2 amide bonds. The minimum atomic E-state index is 0.0950. The fourth-order valence-corrected chi connectivity index (χ4v) is 3.20. The molecular formula is C16H23N3O. The average molecular weight is 273 g/mol. The lowest BCUT2D eigenvalue weighted by Crippen LogP contribution is -2.42. The molecule has 0 saturated carbocycles. The molecule has 4 heteroatoms. The molecule has 2 heterocycles. The maximum absolute atomic E-state index is 12.3. The van der Waals surface area contributed by atoms with Crippen LogP contribution < -0.4 is 10.2 Å². The Morgan fingerprint density at radius 2 is 1.80 bits per heavy atom. The molecule has 0 aromatic heterocycles. The number of carbonyl (C=O) groups excluding carboxylic acids is 1. The SMILES string of the molecule is CN(C)C(=O)N1CCCc2cc3c(cc21)CCNCC3. The summed E-state index contributed by atoms with van der Waals surface area (Å²) in [6, 6.07) is 4.70. The molecule has 0 unspecified atom stereocenters. The van der Waals surface area contributed by atoms with Gasteiger partial charge in [-0.05, 0) is 61.5 Å². The van der Waals surface area contributed by atoms with Gasteiger partial charge in [0.05, 0.1) is 0 Å². The molecule has 3 rings (SSSR count). The van der Waals surface area contributed by atoms with Crippen molar-refractivity contribution >= 4 is 11.7 Å². The van der Waals surface area contributed by atoms with Crippen molar-refractivity contribution in [2.24, 2.45) is 0 Å². The zero-order valence-electron chi connectivity index (χ0n) is 12.4. The standard InChI is InChI=1S/C16H23N3O/c1-18(2)16(20)19-9-3-4-14-10-12-5-7-17-8-6-13(12)11-15(14)19/h10-11,17H,3-9H2,1-2H3. The van der Waals surface area contributed by atoms with Crippen LogP contribution in [0.25, 0.3) is 0 Å². The lowest BCUT2D eigenvalue weighted by molar-refractivity contribution is 0.223. The second-order valence-electron chi connectivity index (χ2n) is 5.93. The van der Waals surface area contributed by atoms with Gasteiger partial charge < -0.3 is 10.2 Å². The first-order valence-corrected chi connectivity index (χ1v) is 7.51. The normalized spacial score (nSPS) is 18.0. The molecule has 0 aliphatic carbocycles. The fraction of sp³-hybridized carbons (Fsp3) is 0.562. The van der Waals surface area contributed by atoms with Gasteiger partial charge in [0.15, 0.2) is 0 Å². The van der Waals surface area contributed by atoms with Crippen LogP contribution in [0.1, 0.15) is 23.1 Å². The highest BCUT2D eigenvalue weighted by molar-refractivity contribution is 5.93. The van der Waals surface area contributed by atoms with Gasteiger partial charge in [0, 0.05) is 26.3 Å². The molecule has 0 fully saturated rings. The first-order valence-electron chi connectivity index (χ1n) is 7.51. The Kier molecular flexibility index (Phi) is 3.66. The number of carbonyl (C=O) groups is 1. The van der Waals surface area contributed by atoms with Gasteiger partial charge in [-0.1, -0.05) is 6.07 Å². The zero-order valence-corrected chi connectivity index (χ0v) is 12.4. The van der Waals surface area contributed by atoms with E-state index in [2.05, 4.69) is 17.4 Å². The second-order valence-corrected chi connectivity index (χ2v) is 5.93. The van der Waals surface area contributed by atoms with Crippen molar-refractivity contribution in [3.05, 3.63) is 28.8 Å². The molecule has 0 radical (unpaired) electrons. The van der Waals surface area contributed by atoms with Gasteiger partial charge >= 0.3 is 6.03 Å². The van der Waals surface area contributed by atoms with Crippen molar-refractivity contribution in [3.63, 3.8) is 0 Å². The van der Waals surface area contributed by atoms with E-state index in [1.165, 1.54) is 16.7 Å². The number of rotatable bonds is 0. The quantitative estimate of drug-likeness (QED) is 0.782. The summed E-state index contributed by atoms with van der Waals surface area (Å²) in [4.78, 5) is 15.9. The summed E-state index contributed by atoms with van der Waals surface area (Å²) in [5.74, 6) is 0. The Labute approximate surface area is 120 Å². The zero-order chi connectivity index (χ0) is 14.1. The predicted octanol–water partition coefficient (Wildman–Crippen LogP) is 1.81. The van der Waals surface area contributed by atoms with Crippen molar-refractivity contribution in [3.8, 4) is 0 Å². The summed E-state index contributed by atoms with van der Waals surface area (Å²) in [5.41, 5.74) is 5.35. The molecule has 0 bridgehead atoms. The van der Waals surface area contributed by atoms with E-state index in [1.54, 1.807) is 4.90 Å². The molecule has 4 nitrogen and oxygen atoms in total. The number of anilines is 1. The molecule has 2 aliphatic heterocycles. The highest BCUT2D eigenvalue weighted by atomic mass is 16.2. The number of urea groups is 1. The van der Waals surface area contributed by atoms with E-state index in [0.29, 0.717) is 0 Å². The van der Waals surface area contributed by atoms with Crippen LogP contribution in [0.5, 0.6) is 0 Å². The topological polar surface area (TPSA) is 35.6 Å². The van der Waals surface area contributed by atoms with E-state index in [9.17, 15) is 4.79 Å². The highest BCUT2D eigenvalue weighted by Gasteiger charge is 2.25. The van der Waals surface area contributed by atoms with Crippen LogP contribution in [0, 0.1) is 0 Å². The lowest BCUT2D eigenvalue weighted by atomic mass is 9.93. The molecule has 1 aromatic rings. The number of aryl methyl sites for hydroxylation is 1. The van der Waals surface area contributed by atoms with Crippen LogP contribution in [-0.2, 0) is 19.3 Å². The molecule has 20 heavy (non-hydrogen) atoms. The molecule has 108 valence electrons. The second kappa shape index (κ2) is 5.44. The number of hydrogen-bond acceptors (Lipinski definition) is 2. The summed E-state index contributed by atoms with van der Waals surface area (Å²) >= 11 is 0. The molecule has 2 aliphatic rings. The third kappa shape index (κ3) is 2.40. The van der Waals surface area contributed by atoms with Crippen LogP contribution in [-0.4, -0.2) is 44.7 Å². The van der Waals surface area contributed by atoms with Gasteiger partial charge in [-0.15, -0.1) is 0 Å². The van der Waals surface area contributed by atoms with Crippen LogP contribution >= 0.6 is 0 Å². The Morgan fingerprint density at radius 1 is 1.10 bits per heavy atom. The van der Waals surface area contributed by atoms with Gasteiger partial charge in [0.25, 0.3) is 0 Å². The van der Waals surface area contributed by atoms with Crippen molar-refractivity contribution in [1.82, 2.24) is 10.2 Å². The average Bonchev–Trinajstić information content (AvgIpc) is 2.68. The highest BCUT2D eigenvalue weighted by Crippen LogP contribution is 2.31. The maximum Gasteiger partial charge on any atom is 0.323 e. The van der Waals surface area contributed by atoms with Crippen molar-refractivity contribution in [2.75, 3.05) is 38.6 Å². The van der Waals surface area contributed by atoms with Crippen molar-refractivity contribution < 1.29 is 4.79 Å². The number of benzene rings is 1. The lowest BCUT2D eigenvalue weighted by Gasteiger charge is -2.32. The number of fused-ring (bicyclic) bond motifs is 2. The van der Waals surface area contributed by atoms with E-state index in [0.717, 1.165) is 51.0 Å². The van der Waals surface area contributed by atoms with E-state index in [4.69, 9.17) is 0 Å². The third-order valence-electron chi connectivity index (χ3n) is 4.28. The molecule has 1 N–H and O–H groups in total. The van der Waals surface area contributed by atoms with E-state index in [-0.39, 0.29) is 6.03 Å². The summed E-state index contributed by atoms with van der Waals surface area (Å²) in [7, 11) is 3.65. The maximum atomic E-state index is 12.3. The number of amides is 2. The van der Waals surface area contributed by atoms with Gasteiger partial charge in [0.1, 0.15) is 0 Å². The Balaban J connectivity index is 2.00. The molecule has 1 aromatic carbocycles. The Bertz CT molecular complexity index is 525. The summed E-state index contributed by atoms with van der Waals surface area (Å²) in [5, 5.41) is 3.45. The largest absolute Gasteiger partial charge is 0.330 e. The smallest absolute Gasteiger partial charge is 0.323 e. The minimum Gasteiger partial charge on any atom is -0.330 e. The predicted molar refractivity (Wildman–Crippen MR) is 81.5 cm³/mol. The van der Waals surface area contributed by atoms with Crippen LogP contribution in [0.3, 0.4) is 0 Å². The molecule has 0 spiro atoms. The Hall–Kier alpha value is -1.55. The summed E-state index contributed by atoms with van der Waals surface area (Å²) < 4.78 is 0. The van der Waals surface area contributed by atoms with Crippen LogP contribution in [0.15, 0.2) is 12.1 Å². The fourth-order valence-electron chi connectivity index (χ4n) is 3.20. The van der Waals surface area contributed by atoms with E-state index >= 15 is 0 Å². The molecular weight excluding hydrogens is 250 g/mol. The van der Waals surface area contributed by atoms with Crippen molar-refractivity contribution in [2.45, 2.75) is 25.7 Å². The first kappa shape index (κ1) is 13.4. The summed E-state index contributed by atoms with van der Waals surface area (Å²) in [6.07, 6.45) is 4.31. The van der Waals surface area contributed by atoms with E-state index in [1.807, 2.05) is 19.0 Å². The van der Waals surface area contributed by atoms with Gasteiger partial charge in [0.2, 0.25) is 0 Å². The van der Waals surface area contributed by atoms with Crippen LogP contribution in [0.2, 0.25) is 0 Å². The summed E-state index contributed by atoms with van der Waals surface area (Å²) in [6.45, 7) is 2.93. The molecule has 0 saturated heterocycles. The number of nitrogens with one attached hydrogen (secondary N) is 1.